The van der Waals surface area contributed by atoms with Crippen LogP contribution in [-0.4, -0.2) is 22.0 Å². The Kier molecular flexibility index (Phi) is 5.38. The molecule has 2 rings (SSSR count). The van der Waals surface area contributed by atoms with Crippen molar-refractivity contribution in [1.82, 2.24) is 4.98 Å². The first-order chi connectivity index (χ1) is 11.5. The van der Waals surface area contributed by atoms with Crippen molar-refractivity contribution in [2.75, 3.05) is 5.32 Å². The zero-order chi connectivity index (χ0) is 18.9. The van der Waals surface area contributed by atoms with Gasteiger partial charge in [0.05, 0.1) is 27.9 Å². The quantitative estimate of drug-likeness (QED) is 0.799. The van der Waals surface area contributed by atoms with Gasteiger partial charge in [-0.1, -0.05) is 11.6 Å². The SMILES string of the molecule is Cc1nc([C@H](C)C(=O)Nc2cc(C(F)(F)F)ccc2Cl)sc1C(=O)O. The van der Waals surface area contributed by atoms with Crippen molar-refractivity contribution in [3.63, 3.8) is 0 Å². The molecule has 0 spiro atoms. The first kappa shape index (κ1) is 19.2. The molecule has 1 aromatic heterocycles. The van der Waals surface area contributed by atoms with Crippen LogP contribution in [0, 0.1) is 6.92 Å². The van der Waals surface area contributed by atoms with Gasteiger partial charge >= 0.3 is 12.1 Å². The standard InChI is InChI=1S/C15H12ClF3N2O3S/c1-6(13-20-7(2)11(25-13)14(23)24)12(22)21-10-5-8(15(17,18)19)3-4-9(10)16/h3-6H,1-2H3,(H,21,22)(H,23,24)/t6-/m1/s1. The van der Waals surface area contributed by atoms with Gasteiger partial charge in [-0.25, -0.2) is 9.78 Å². The average Bonchev–Trinajstić information content (AvgIpc) is 2.89. The highest BCUT2D eigenvalue weighted by atomic mass is 35.5. The van der Waals surface area contributed by atoms with Crippen LogP contribution in [0.1, 0.15) is 38.8 Å². The van der Waals surface area contributed by atoms with Crippen LogP contribution in [-0.2, 0) is 11.0 Å². The zero-order valence-corrected chi connectivity index (χ0v) is 14.5. The molecule has 0 aliphatic carbocycles. The van der Waals surface area contributed by atoms with Crippen molar-refractivity contribution in [3.05, 3.63) is 44.4 Å². The Hall–Kier alpha value is -2.13. The van der Waals surface area contributed by atoms with Crippen molar-refractivity contribution in [3.8, 4) is 0 Å². The zero-order valence-electron chi connectivity index (χ0n) is 12.9. The van der Waals surface area contributed by atoms with Crippen molar-refractivity contribution < 1.29 is 27.9 Å². The summed E-state index contributed by atoms with van der Waals surface area (Å²) in [4.78, 5) is 27.4. The second-order valence-corrected chi connectivity index (χ2v) is 6.61. The van der Waals surface area contributed by atoms with E-state index in [0.29, 0.717) is 0 Å². The summed E-state index contributed by atoms with van der Waals surface area (Å²) < 4.78 is 38.3. The van der Waals surface area contributed by atoms with Crippen LogP contribution >= 0.6 is 22.9 Å². The molecule has 0 radical (unpaired) electrons. The second-order valence-electron chi connectivity index (χ2n) is 5.18. The first-order valence-corrected chi connectivity index (χ1v) is 8.08. The number of hydrogen-bond donors (Lipinski definition) is 2. The van der Waals surface area contributed by atoms with Gasteiger partial charge in [-0.3, -0.25) is 4.79 Å². The Bertz CT molecular complexity index is 836. The Morgan fingerprint density at radius 3 is 2.52 bits per heavy atom. The molecule has 10 heteroatoms. The minimum Gasteiger partial charge on any atom is -0.477 e. The van der Waals surface area contributed by atoms with E-state index < -0.39 is 29.5 Å². The number of carbonyl (C=O) groups excluding carboxylic acids is 1. The fourth-order valence-electron chi connectivity index (χ4n) is 1.95. The van der Waals surface area contributed by atoms with E-state index in [1.165, 1.54) is 13.8 Å². The van der Waals surface area contributed by atoms with Crippen LogP contribution in [0.4, 0.5) is 18.9 Å². The third kappa shape index (κ3) is 4.29. The highest BCUT2D eigenvalue weighted by molar-refractivity contribution is 7.13. The van der Waals surface area contributed by atoms with Gasteiger partial charge in [-0.2, -0.15) is 13.2 Å². The third-order valence-electron chi connectivity index (χ3n) is 3.32. The van der Waals surface area contributed by atoms with Gasteiger partial charge in [0, 0.05) is 0 Å². The number of amides is 1. The Morgan fingerprint density at radius 2 is 2.00 bits per heavy atom. The largest absolute Gasteiger partial charge is 0.477 e. The van der Waals surface area contributed by atoms with Gasteiger partial charge in [0.25, 0.3) is 0 Å². The van der Waals surface area contributed by atoms with E-state index >= 15 is 0 Å². The minimum absolute atomic E-state index is 0.00625. The molecule has 0 unspecified atom stereocenters. The van der Waals surface area contributed by atoms with E-state index in [4.69, 9.17) is 16.7 Å². The number of carbonyl (C=O) groups is 2. The van der Waals surface area contributed by atoms with Crippen LogP contribution in [0.25, 0.3) is 0 Å². The van der Waals surface area contributed by atoms with Crippen molar-refractivity contribution in [2.24, 2.45) is 0 Å². The Labute approximate surface area is 149 Å². The highest BCUT2D eigenvalue weighted by Gasteiger charge is 2.31. The number of aromatic carboxylic acids is 1. The van der Waals surface area contributed by atoms with Crippen molar-refractivity contribution in [2.45, 2.75) is 25.9 Å². The maximum absolute atomic E-state index is 12.8. The smallest absolute Gasteiger partial charge is 0.416 e. The summed E-state index contributed by atoms with van der Waals surface area (Å²) >= 11 is 6.68. The molecule has 2 aromatic rings. The summed E-state index contributed by atoms with van der Waals surface area (Å²) in [6.07, 6.45) is -4.57. The number of halogens is 4. The van der Waals surface area contributed by atoms with Crippen LogP contribution < -0.4 is 5.32 Å². The number of anilines is 1. The summed E-state index contributed by atoms with van der Waals surface area (Å²) in [7, 11) is 0. The minimum atomic E-state index is -4.57. The van der Waals surface area contributed by atoms with Crippen molar-refractivity contribution >= 4 is 40.5 Å². The van der Waals surface area contributed by atoms with Gasteiger partial charge in [-0.15, -0.1) is 11.3 Å². The molecule has 25 heavy (non-hydrogen) atoms. The topological polar surface area (TPSA) is 79.3 Å². The van der Waals surface area contributed by atoms with Crippen molar-refractivity contribution in [1.29, 1.82) is 0 Å². The molecule has 0 bridgehead atoms. The van der Waals surface area contributed by atoms with Crippen LogP contribution in [0.3, 0.4) is 0 Å². The average molecular weight is 393 g/mol. The van der Waals surface area contributed by atoms with E-state index in [1.54, 1.807) is 0 Å². The van der Waals surface area contributed by atoms with Gasteiger partial charge in [0.1, 0.15) is 9.88 Å². The Balaban J connectivity index is 2.24. The molecule has 0 fully saturated rings. The first-order valence-electron chi connectivity index (χ1n) is 6.89. The number of aromatic nitrogens is 1. The van der Waals surface area contributed by atoms with E-state index in [9.17, 15) is 22.8 Å². The molecule has 0 saturated heterocycles. The summed E-state index contributed by atoms with van der Waals surface area (Å²) in [5.74, 6) is -2.66. The second kappa shape index (κ2) is 7.01. The van der Waals surface area contributed by atoms with E-state index in [2.05, 4.69) is 10.3 Å². The van der Waals surface area contributed by atoms with Gasteiger partial charge in [0.2, 0.25) is 5.91 Å². The number of rotatable bonds is 4. The molecule has 1 atom stereocenters. The molecule has 1 heterocycles. The number of benzene rings is 1. The van der Waals surface area contributed by atoms with E-state index in [1.807, 2.05) is 0 Å². The third-order valence-corrected chi connectivity index (χ3v) is 4.98. The lowest BCUT2D eigenvalue weighted by atomic mass is 10.1. The summed E-state index contributed by atoms with van der Waals surface area (Å²) in [5.41, 5.74) is -0.859. The monoisotopic (exact) mass is 392 g/mol. The van der Waals surface area contributed by atoms with Gasteiger partial charge in [-0.05, 0) is 32.0 Å². The molecular formula is C15H12ClF3N2O3S. The van der Waals surface area contributed by atoms with E-state index in [0.717, 1.165) is 29.5 Å². The lowest BCUT2D eigenvalue weighted by Gasteiger charge is -2.13. The lowest BCUT2D eigenvalue weighted by molar-refractivity contribution is -0.137. The normalized spacial score (nSPS) is 12.7. The molecule has 1 aromatic carbocycles. The highest BCUT2D eigenvalue weighted by Crippen LogP contribution is 2.34. The Morgan fingerprint density at radius 1 is 1.36 bits per heavy atom. The van der Waals surface area contributed by atoms with Crippen LogP contribution in [0.2, 0.25) is 5.02 Å². The molecule has 0 aliphatic heterocycles. The molecular weight excluding hydrogens is 381 g/mol. The molecule has 134 valence electrons. The van der Waals surface area contributed by atoms with Gasteiger partial charge in [0.15, 0.2) is 0 Å². The predicted octanol–water partition coefficient (Wildman–Crippen LogP) is 4.56. The number of nitrogens with zero attached hydrogens (tertiary/aromatic N) is 1. The maximum Gasteiger partial charge on any atom is 0.416 e. The summed E-state index contributed by atoms with van der Waals surface area (Å²) in [5, 5.41) is 11.6. The van der Waals surface area contributed by atoms with Gasteiger partial charge < -0.3 is 10.4 Å². The number of aryl methyl sites for hydroxylation is 1. The summed E-state index contributed by atoms with van der Waals surface area (Å²) in [6, 6.07) is 2.59. The van der Waals surface area contributed by atoms with Crippen LogP contribution in [0.15, 0.2) is 18.2 Å². The number of carboxylic acid groups (broad SMARTS) is 1. The fourth-order valence-corrected chi connectivity index (χ4v) is 3.07. The molecule has 5 nitrogen and oxygen atoms in total. The van der Waals surface area contributed by atoms with Crippen LogP contribution in [0.5, 0.6) is 0 Å². The maximum atomic E-state index is 12.8. The predicted molar refractivity (Wildman–Crippen MR) is 87.3 cm³/mol. The number of carboxylic acids is 1. The number of thiazole rings is 1. The van der Waals surface area contributed by atoms with E-state index in [-0.39, 0.29) is 26.3 Å². The summed E-state index contributed by atoms with van der Waals surface area (Å²) in [6.45, 7) is 2.97. The molecule has 0 aliphatic rings. The molecule has 0 saturated carbocycles. The fraction of sp³-hybridized carbons (Fsp3) is 0.267. The molecule has 2 N–H and O–H groups in total. The number of alkyl halides is 3. The molecule has 1 amide bonds. The number of nitrogens with one attached hydrogen (secondary N) is 1. The lowest BCUT2D eigenvalue weighted by Crippen LogP contribution is -2.19. The number of hydrogen-bond acceptors (Lipinski definition) is 4.